The van der Waals surface area contributed by atoms with Crippen LogP contribution in [0, 0.1) is 5.92 Å². The van der Waals surface area contributed by atoms with Gasteiger partial charge in [0.2, 0.25) is 11.8 Å². The van der Waals surface area contributed by atoms with E-state index >= 15 is 0 Å². The SMILES string of the molecule is COc1ccccc1-c1ccccc1C[C@H]1CN(C(=O)CCc2ccccc2)CCNC1=O. The highest BCUT2D eigenvalue weighted by Crippen LogP contribution is 2.33. The van der Waals surface area contributed by atoms with Gasteiger partial charge in [-0.3, -0.25) is 9.59 Å². The number of nitrogens with one attached hydrogen (secondary N) is 1. The van der Waals surface area contributed by atoms with E-state index in [1.54, 1.807) is 7.11 Å². The van der Waals surface area contributed by atoms with E-state index in [4.69, 9.17) is 4.74 Å². The minimum atomic E-state index is -0.302. The lowest BCUT2D eigenvalue weighted by atomic mass is 9.91. The molecule has 5 nitrogen and oxygen atoms in total. The van der Waals surface area contributed by atoms with E-state index < -0.39 is 0 Å². The van der Waals surface area contributed by atoms with Gasteiger partial charge in [0.15, 0.2) is 0 Å². The fourth-order valence-electron chi connectivity index (χ4n) is 4.43. The number of amides is 2. The van der Waals surface area contributed by atoms with Crippen LogP contribution in [0.3, 0.4) is 0 Å². The lowest BCUT2D eigenvalue weighted by Crippen LogP contribution is -2.37. The maximum atomic E-state index is 13.0. The molecule has 0 aliphatic carbocycles. The minimum absolute atomic E-state index is 0.00295. The average molecular weight is 443 g/mol. The first kappa shape index (κ1) is 22.6. The number of rotatable bonds is 7. The van der Waals surface area contributed by atoms with Crippen molar-refractivity contribution < 1.29 is 14.3 Å². The molecule has 0 bridgehead atoms. The predicted molar refractivity (Wildman–Crippen MR) is 130 cm³/mol. The van der Waals surface area contributed by atoms with E-state index in [9.17, 15) is 9.59 Å². The quantitative estimate of drug-likeness (QED) is 0.599. The van der Waals surface area contributed by atoms with Gasteiger partial charge in [0, 0.05) is 31.6 Å². The van der Waals surface area contributed by atoms with Gasteiger partial charge < -0.3 is 15.0 Å². The van der Waals surface area contributed by atoms with Crippen LogP contribution >= 0.6 is 0 Å². The number of carbonyl (C=O) groups is 2. The molecular weight excluding hydrogens is 412 g/mol. The van der Waals surface area contributed by atoms with Crippen molar-refractivity contribution >= 4 is 11.8 Å². The van der Waals surface area contributed by atoms with Crippen LogP contribution in [0.15, 0.2) is 78.9 Å². The van der Waals surface area contributed by atoms with Gasteiger partial charge in [0.05, 0.1) is 13.0 Å². The zero-order valence-electron chi connectivity index (χ0n) is 19.0. The number of benzene rings is 3. The Morgan fingerprint density at radius 2 is 1.67 bits per heavy atom. The molecule has 170 valence electrons. The van der Waals surface area contributed by atoms with Crippen molar-refractivity contribution in [2.24, 2.45) is 5.92 Å². The number of carbonyl (C=O) groups excluding carboxylic acids is 2. The van der Waals surface area contributed by atoms with Crippen molar-refractivity contribution in [2.75, 3.05) is 26.7 Å². The van der Waals surface area contributed by atoms with Crippen LogP contribution in [0.1, 0.15) is 17.5 Å². The molecule has 1 fully saturated rings. The Labute approximate surface area is 195 Å². The van der Waals surface area contributed by atoms with Crippen LogP contribution in [0.25, 0.3) is 11.1 Å². The average Bonchev–Trinajstić information content (AvgIpc) is 3.05. The number of hydrogen-bond donors (Lipinski definition) is 1. The Kier molecular flexibility index (Phi) is 7.40. The highest BCUT2D eigenvalue weighted by atomic mass is 16.5. The standard InChI is InChI=1S/C28H30N2O3/c1-33-26-14-8-7-13-25(26)24-12-6-5-11-22(24)19-23-20-30(18-17-29-28(23)32)27(31)16-15-21-9-3-2-4-10-21/h2-14,23H,15-20H2,1H3,(H,29,32)/t23-/m0/s1. The Hall–Kier alpha value is -3.60. The molecule has 1 aliphatic rings. The fourth-order valence-corrected chi connectivity index (χ4v) is 4.43. The number of para-hydroxylation sites is 1. The number of methoxy groups -OCH3 is 1. The minimum Gasteiger partial charge on any atom is -0.496 e. The lowest BCUT2D eigenvalue weighted by Gasteiger charge is -2.24. The van der Waals surface area contributed by atoms with Crippen molar-refractivity contribution in [3.63, 3.8) is 0 Å². The molecule has 5 heteroatoms. The third kappa shape index (κ3) is 5.61. The summed E-state index contributed by atoms with van der Waals surface area (Å²) in [5.74, 6) is 0.596. The van der Waals surface area contributed by atoms with Crippen molar-refractivity contribution in [3.8, 4) is 16.9 Å². The first-order valence-corrected chi connectivity index (χ1v) is 11.5. The molecule has 1 saturated heterocycles. The van der Waals surface area contributed by atoms with Gasteiger partial charge in [-0.15, -0.1) is 0 Å². The van der Waals surface area contributed by atoms with Crippen LogP contribution in [0.5, 0.6) is 5.75 Å². The van der Waals surface area contributed by atoms with E-state index in [2.05, 4.69) is 17.4 Å². The summed E-state index contributed by atoms with van der Waals surface area (Å²) in [4.78, 5) is 27.7. The second kappa shape index (κ2) is 10.8. The second-order valence-corrected chi connectivity index (χ2v) is 8.37. The molecular formula is C28H30N2O3. The van der Waals surface area contributed by atoms with Crippen LogP contribution in [-0.2, 0) is 22.4 Å². The molecule has 1 aliphatic heterocycles. The molecule has 1 heterocycles. The van der Waals surface area contributed by atoms with E-state index in [0.29, 0.717) is 38.9 Å². The van der Waals surface area contributed by atoms with E-state index in [1.165, 1.54) is 0 Å². The summed E-state index contributed by atoms with van der Waals surface area (Å²) >= 11 is 0. The zero-order valence-corrected chi connectivity index (χ0v) is 19.0. The smallest absolute Gasteiger partial charge is 0.225 e. The Balaban J connectivity index is 1.50. The molecule has 3 aromatic carbocycles. The summed E-state index contributed by atoms with van der Waals surface area (Å²) < 4.78 is 5.57. The summed E-state index contributed by atoms with van der Waals surface area (Å²) in [7, 11) is 1.67. The third-order valence-electron chi connectivity index (χ3n) is 6.20. The molecule has 2 amide bonds. The molecule has 4 rings (SSSR count). The largest absolute Gasteiger partial charge is 0.496 e. The zero-order chi connectivity index (χ0) is 23.0. The van der Waals surface area contributed by atoms with Crippen LogP contribution in [0.4, 0.5) is 0 Å². The van der Waals surface area contributed by atoms with Gasteiger partial charge in [-0.1, -0.05) is 72.8 Å². The second-order valence-electron chi connectivity index (χ2n) is 8.37. The summed E-state index contributed by atoms with van der Waals surface area (Å²) in [6.45, 7) is 1.46. The van der Waals surface area contributed by atoms with Crippen molar-refractivity contribution in [1.29, 1.82) is 0 Å². The molecule has 3 aromatic rings. The number of nitrogens with zero attached hydrogens (tertiary/aromatic N) is 1. The number of ether oxygens (including phenoxy) is 1. The molecule has 0 radical (unpaired) electrons. The van der Waals surface area contributed by atoms with Crippen LogP contribution in [0.2, 0.25) is 0 Å². The monoisotopic (exact) mass is 442 g/mol. The van der Waals surface area contributed by atoms with Crippen LogP contribution < -0.4 is 10.1 Å². The van der Waals surface area contributed by atoms with Crippen molar-refractivity contribution in [3.05, 3.63) is 90.0 Å². The van der Waals surface area contributed by atoms with Crippen molar-refractivity contribution in [2.45, 2.75) is 19.3 Å². The van der Waals surface area contributed by atoms with E-state index in [1.807, 2.05) is 71.6 Å². The summed E-state index contributed by atoms with van der Waals surface area (Å²) in [6.07, 6.45) is 1.71. The lowest BCUT2D eigenvalue weighted by molar-refractivity contribution is -0.132. The van der Waals surface area contributed by atoms with Gasteiger partial charge in [-0.2, -0.15) is 0 Å². The molecule has 1 N–H and O–H groups in total. The molecule has 0 spiro atoms. The maximum Gasteiger partial charge on any atom is 0.225 e. The van der Waals surface area contributed by atoms with Gasteiger partial charge in [0.25, 0.3) is 0 Å². The summed E-state index contributed by atoms with van der Waals surface area (Å²) in [5.41, 5.74) is 4.27. The number of hydrogen-bond acceptors (Lipinski definition) is 3. The van der Waals surface area contributed by atoms with Gasteiger partial charge in [-0.05, 0) is 35.6 Å². The highest BCUT2D eigenvalue weighted by molar-refractivity contribution is 5.83. The Bertz CT molecular complexity index is 1100. The summed E-state index contributed by atoms with van der Waals surface area (Å²) in [6, 6.07) is 26.1. The van der Waals surface area contributed by atoms with Crippen LogP contribution in [-0.4, -0.2) is 43.5 Å². The molecule has 0 unspecified atom stereocenters. The van der Waals surface area contributed by atoms with Gasteiger partial charge in [0.1, 0.15) is 5.75 Å². The van der Waals surface area contributed by atoms with Gasteiger partial charge in [-0.25, -0.2) is 0 Å². The van der Waals surface area contributed by atoms with E-state index in [-0.39, 0.29) is 17.7 Å². The Morgan fingerprint density at radius 3 is 2.45 bits per heavy atom. The first-order valence-electron chi connectivity index (χ1n) is 11.5. The number of aryl methyl sites for hydroxylation is 1. The van der Waals surface area contributed by atoms with E-state index in [0.717, 1.165) is 28.0 Å². The molecule has 1 atom stereocenters. The fraction of sp³-hybridized carbons (Fsp3) is 0.286. The maximum absolute atomic E-state index is 13.0. The third-order valence-corrected chi connectivity index (χ3v) is 6.20. The summed E-state index contributed by atoms with van der Waals surface area (Å²) in [5, 5.41) is 3.00. The molecule has 0 saturated carbocycles. The highest BCUT2D eigenvalue weighted by Gasteiger charge is 2.28. The normalized spacial score (nSPS) is 16.1. The van der Waals surface area contributed by atoms with Gasteiger partial charge >= 0.3 is 0 Å². The Morgan fingerprint density at radius 1 is 0.970 bits per heavy atom. The predicted octanol–water partition coefficient (Wildman–Crippen LogP) is 4.11. The first-order chi connectivity index (χ1) is 16.2. The van der Waals surface area contributed by atoms with Crippen molar-refractivity contribution in [1.82, 2.24) is 10.2 Å². The topological polar surface area (TPSA) is 58.6 Å². The molecule has 33 heavy (non-hydrogen) atoms. The molecule has 0 aromatic heterocycles.